The number of nitrogens with zero attached hydrogens (tertiary/aromatic N) is 2. The molecule has 1 aliphatic heterocycles. The number of hydrogen-bond acceptors (Lipinski definition) is 5. The number of hydrogen-bond donors (Lipinski definition) is 1. The first-order chi connectivity index (χ1) is 12.6. The minimum absolute atomic E-state index is 0.288. The number of anilines is 1. The van der Waals surface area contributed by atoms with Gasteiger partial charge >= 0.3 is 0 Å². The zero-order valence-electron chi connectivity index (χ0n) is 15.3. The van der Waals surface area contributed by atoms with Gasteiger partial charge in [-0.25, -0.2) is 0 Å². The molecule has 0 bridgehead atoms. The minimum Gasteiger partial charge on any atom is -0.493 e. The van der Waals surface area contributed by atoms with Crippen molar-refractivity contribution >= 4 is 17.3 Å². The predicted octanol–water partition coefficient (Wildman–Crippen LogP) is 3.01. The summed E-state index contributed by atoms with van der Waals surface area (Å²) in [6, 6.07) is 14.4. The Labute approximate surface area is 160 Å². The highest BCUT2D eigenvalue weighted by molar-refractivity contribution is 6.30. The van der Waals surface area contributed by atoms with Gasteiger partial charge in [0.2, 0.25) is 0 Å². The fourth-order valence-corrected chi connectivity index (χ4v) is 3.63. The summed E-state index contributed by atoms with van der Waals surface area (Å²) in [6.07, 6.45) is 0. The third-order valence-electron chi connectivity index (χ3n) is 4.88. The summed E-state index contributed by atoms with van der Waals surface area (Å²) < 4.78 is 10.7. The Morgan fingerprint density at radius 3 is 2.58 bits per heavy atom. The van der Waals surface area contributed by atoms with E-state index in [4.69, 9.17) is 26.8 Å². The van der Waals surface area contributed by atoms with Gasteiger partial charge in [-0.05, 0) is 35.9 Å². The van der Waals surface area contributed by atoms with Crippen molar-refractivity contribution in [3.8, 4) is 11.5 Å². The molecule has 5 nitrogen and oxygen atoms in total. The van der Waals surface area contributed by atoms with Gasteiger partial charge in [-0.2, -0.15) is 0 Å². The summed E-state index contributed by atoms with van der Waals surface area (Å²) in [5.74, 6) is 1.50. The van der Waals surface area contributed by atoms with Crippen LogP contribution in [0.3, 0.4) is 0 Å². The van der Waals surface area contributed by atoms with Crippen molar-refractivity contribution in [2.24, 2.45) is 5.73 Å². The van der Waals surface area contributed by atoms with Crippen LogP contribution < -0.4 is 20.1 Å². The van der Waals surface area contributed by atoms with E-state index in [1.807, 2.05) is 30.3 Å². The van der Waals surface area contributed by atoms with Crippen LogP contribution in [0.5, 0.6) is 11.5 Å². The molecule has 140 valence electrons. The predicted molar refractivity (Wildman–Crippen MR) is 106 cm³/mol. The third kappa shape index (κ3) is 4.23. The van der Waals surface area contributed by atoms with Crippen LogP contribution >= 0.6 is 11.6 Å². The molecule has 0 aromatic heterocycles. The second-order valence-electron chi connectivity index (χ2n) is 6.48. The number of rotatable bonds is 6. The largest absolute Gasteiger partial charge is 0.493 e. The average molecular weight is 376 g/mol. The zero-order chi connectivity index (χ0) is 18.5. The number of ether oxygens (including phenoxy) is 2. The van der Waals surface area contributed by atoms with Gasteiger partial charge in [0.25, 0.3) is 0 Å². The SMILES string of the molecule is COc1ccc(CN2CCN(c3cccc(Cl)c3)CC2CN)cc1OC. The molecule has 2 N–H and O–H groups in total. The van der Waals surface area contributed by atoms with E-state index in [-0.39, 0.29) is 6.04 Å². The molecule has 2 aromatic carbocycles. The second kappa shape index (κ2) is 8.62. The van der Waals surface area contributed by atoms with E-state index >= 15 is 0 Å². The van der Waals surface area contributed by atoms with Crippen LogP contribution in [0.15, 0.2) is 42.5 Å². The van der Waals surface area contributed by atoms with Crippen molar-refractivity contribution in [1.82, 2.24) is 4.90 Å². The number of piperazine rings is 1. The Kier molecular flexibility index (Phi) is 6.25. The highest BCUT2D eigenvalue weighted by atomic mass is 35.5. The summed E-state index contributed by atoms with van der Waals surface area (Å²) in [5.41, 5.74) is 8.43. The summed E-state index contributed by atoms with van der Waals surface area (Å²) in [4.78, 5) is 4.79. The fraction of sp³-hybridized carbons (Fsp3) is 0.400. The van der Waals surface area contributed by atoms with Crippen LogP contribution in [-0.4, -0.2) is 51.3 Å². The van der Waals surface area contributed by atoms with Crippen LogP contribution in [0, 0.1) is 0 Å². The monoisotopic (exact) mass is 375 g/mol. The fourth-order valence-electron chi connectivity index (χ4n) is 3.45. The minimum atomic E-state index is 0.288. The van der Waals surface area contributed by atoms with E-state index < -0.39 is 0 Å². The normalized spacial score (nSPS) is 18.0. The Morgan fingerprint density at radius 2 is 1.88 bits per heavy atom. The van der Waals surface area contributed by atoms with Gasteiger partial charge in [-0.1, -0.05) is 23.7 Å². The lowest BCUT2D eigenvalue weighted by molar-refractivity contribution is 0.172. The average Bonchev–Trinajstić information content (AvgIpc) is 2.68. The van der Waals surface area contributed by atoms with Gasteiger partial charge in [0.05, 0.1) is 14.2 Å². The van der Waals surface area contributed by atoms with Crippen molar-refractivity contribution in [3.63, 3.8) is 0 Å². The van der Waals surface area contributed by atoms with Crippen molar-refractivity contribution in [3.05, 3.63) is 53.1 Å². The maximum atomic E-state index is 6.14. The number of halogens is 1. The molecular weight excluding hydrogens is 350 g/mol. The van der Waals surface area contributed by atoms with Gasteiger partial charge in [0.15, 0.2) is 11.5 Å². The Bertz CT molecular complexity index is 741. The molecule has 2 aromatic rings. The molecule has 1 aliphatic rings. The van der Waals surface area contributed by atoms with E-state index in [2.05, 4.69) is 21.9 Å². The van der Waals surface area contributed by atoms with Crippen LogP contribution in [0.4, 0.5) is 5.69 Å². The van der Waals surface area contributed by atoms with E-state index in [0.717, 1.165) is 48.4 Å². The van der Waals surface area contributed by atoms with Gasteiger partial charge < -0.3 is 20.1 Å². The molecule has 1 unspecified atom stereocenters. The molecule has 1 heterocycles. The maximum Gasteiger partial charge on any atom is 0.161 e. The molecule has 6 heteroatoms. The molecule has 0 radical (unpaired) electrons. The molecule has 1 fully saturated rings. The van der Waals surface area contributed by atoms with E-state index in [1.54, 1.807) is 14.2 Å². The van der Waals surface area contributed by atoms with Crippen molar-refractivity contribution in [2.75, 3.05) is 45.3 Å². The topological polar surface area (TPSA) is 51.0 Å². The highest BCUT2D eigenvalue weighted by Gasteiger charge is 2.26. The van der Waals surface area contributed by atoms with Gasteiger partial charge in [-0.3, -0.25) is 4.90 Å². The summed E-state index contributed by atoms with van der Waals surface area (Å²) >= 11 is 6.14. The van der Waals surface area contributed by atoms with Crippen LogP contribution in [0.1, 0.15) is 5.56 Å². The highest BCUT2D eigenvalue weighted by Crippen LogP contribution is 2.29. The smallest absolute Gasteiger partial charge is 0.161 e. The lowest BCUT2D eigenvalue weighted by atomic mass is 10.1. The van der Waals surface area contributed by atoms with Crippen molar-refractivity contribution in [2.45, 2.75) is 12.6 Å². The first-order valence-electron chi connectivity index (χ1n) is 8.80. The summed E-state index contributed by atoms with van der Waals surface area (Å²) in [5, 5.41) is 0.763. The number of methoxy groups -OCH3 is 2. The van der Waals surface area contributed by atoms with Crippen molar-refractivity contribution in [1.29, 1.82) is 0 Å². The van der Waals surface area contributed by atoms with E-state index in [1.165, 1.54) is 5.56 Å². The molecule has 26 heavy (non-hydrogen) atoms. The molecule has 0 aliphatic carbocycles. The van der Waals surface area contributed by atoms with Crippen molar-refractivity contribution < 1.29 is 9.47 Å². The van der Waals surface area contributed by atoms with Gasteiger partial charge in [-0.15, -0.1) is 0 Å². The zero-order valence-corrected chi connectivity index (χ0v) is 16.1. The third-order valence-corrected chi connectivity index (χ3v) is 5.12. The Morgan fingerprint density at radius 1 is 1.08 bits per heavy atom. The molecule has 0 amide bonds. The van der Waals surface area contributed by atoms with Gasteiger partial charge in [0, 0.05) is 49.5 Å². The molecule has 0 spiro atoms. The standard InChI is InChI=1S/C20H26ClN3O2/c1-25-19-7-6-15(10-20(19)26-2)13-23-8-9-24(14-18(23)12-22)17-5-3-4-16(21)11-17/h3-7,10-11,18H,8-9,12-14,22H2,1-2H3. The lowest BCUT2D eigenvalue weighted by Crippen LogP contribution is -2.55. The van der Waals surface area contributed by atoms with Gasteiger partial charge in [0.1, 0.15) is 0 Å². The number of benzene rings is 2. The first-order valence-corrected chi connectivity index (χ1v) is 9.18. The summed E-state index contributed by atoms with van der Waals surface area (Å²) in [6.45, 7) is 4.24. The molecule has 1 atom stereocenters. The first kappa shape index (κ1) is 18.8. The Balaban J connectivity index is 1.70. The second-order valence-corrected chi connectivity index (χ2v) is 6.91. The van der Waals surface area contributed by atoms with Crippen LogP contribution in [-0.2, 0) is 6.54 Å². The molecular formula is C20H26ClN3O2. The molecule has 0 saturated carbocycles. The van der Waals surface area contributed by atoms with E-state index in [0.29, 0.717) is 6.54 Å². The van der Waals surface area contributed by atoms with Crippen LogP contribution in [0.25, 0.3) is 0 Å². The lowest BCUT2D eigenvalue weighted by Gasteiger charge is -2.42. The Hall–Kier alpha value is -1.95. The number of nitrogens with two attached hydrogens (primary N) is 1. The molecule has 3 rings (SSSR count). The maximum absolute atomic E-state index is 6.14. The quantitative estimate of drug-likeness (QED) is 0.841. The van der Waals surface area contributed by atoms with Crippen LogP contribution in [0.2, 0.25) is 5.02 Å². The summed E-state index contributed by atoms with van der Waals surface area (Å²) in [7, 11) is 3.31. The molecule has 1 saturated heterocycles. The van der Waals surface area contributed by atoms with E-state index in [9.17, 15) is 0 Å².